The summed E-state index contributed by atoms with van der Waals surface area (Å²) in [4.78, 5) is 22.0. The van der Waals surface area contributed by atoms with Gasteiger partial charge in [-0.05, 0) is 56.3 Å². The number of rotatable bonds is 4. The Bertz CT molecular complexity index is 1180. The van der Waals surface area contributed by atoms with Gasteiger partial charge >= 0.3 is 0 Å². The second-order valence-electron chi connectivity index (χ2n) is 8.15. The van der Waals surface area contributed by atoms with Gasteiger partial charge in [-0.3, -0.25) is 9.69 Å². The molecule has 0 spiro atoms. The van der Waals surface area contributed by atoms with E-state index in [1.165, 1.54) is 0 Å². The maximum Gasteiger partial charge on any atom is 0.253 e. The Balaban J connectivity index is 1.20. The summed E-state index contributed by atoms with van der Waals surface area (Å²) in [7, 11) is 0. The molecule has 1 amide bonds. The molecule has 0 atom stereocenters. The van der Waals surface area contributed by atoms with Gasteiger partial charge in [-0.15, -0.1) is 0 Å². The highest BCUT2D eigenvalue weighted by molar-refractivity contribution is 5.94. The molecule has 1 saturated heterocycles. The topological polar surface area (TPSA) is 58.7 Å². The summed E-state index contributed by atoms with van der Waals surface area (Å²) in [6.07, 6.45) is 4.10. The highest BCUT2D eigenvalue weighted by Crippen LogP contribution is 2.16. The normalized spacial score (nSPS) is 15.0. The van der Waals surface area contributed by atoms with Crippen LogP contribution in [0.3, 0.4) is 0 Å². The zero-order valence-electron chi connectivity index (χ0n) is 17.9. The van der Waals surface area contributed by atoms with Crippen LogP contribution in [0.15, 0.2) is 60.9 Å². The first-order chi connectivity index (χ1) is 15.1. The van der Waals surface area contributed by atoms with E-state index in [9.17, 15) is 4.79 Å². The molecule has 0 N–H and O–H groups in total. The lowest BCUT2D eigenvalue weighted by Gasteiger charge is -2.34. The molecule has 0 bridgehead atoms. The second kappa shape index (κ2) is 8.00. The number of fused-ring (bicyclic) bond motifs is 1. The van der Waals surface area contributed by atoms with E-state index < -0.39 is 0 Å². The second-order valence-corrected chi connectivity index (χ2v) is 8.15. The lowest BCUT2D eigenvalue weighted by atomic mass is 10.1. The summed E-state index contributed by atoms with van der Waals surface area (Å²) in [5.41, 5.74) is 5.79. The first-order valence-corrected chi connectivity index (χ1v) is 10.6. The Morgan fingerprint density at radius 3 is 2.45 bits per heavy atom. The van der Waals surface area contributed by atoms with Crippen LogP contribution in [0.5, 0.6) is 0 Å². The van der Waals surface area contributed by atoms with Crippen LogP contribution in [-0.4, -0.2) is 61.1 Å². The van der Waals surface area contributed by atoms with Crippen molar-refractivity contribution in [3.8, 4) is 5.69 Å². The van der Waals surface area contributed by atoms with E-state index in [1.807, 2.05) is 82.6 Å². The molecular weight excluding hydrogens is 388 g/mol. The maximum absolute atomic E-state index is 13.0. The largest absolute Gasteiger partial charge is 0.336 e. The van der Waals surface area contributed by atoms with Gasteiger partial charge < -0.3 is 9.30 Å². The minimum atomic E-state index is 0.0901. The number of imidazole rings is 1. The van der Waals surface area contributed by atoms with Gasteiger partial charge in [0.25, 0.3) is 5.91 Å². The molecule has 7 heteroatoms. The van der Waals surface area contributed by atoms with Gasteiger partial charge in [0.05, 0.1) is 17.1 Å². The number of carbonyl (C=O) groups excluding carboxylic acids is 1. The number of aromatic nitrogens is 4. The van der Waals surface area contributed by atoms with Crippen LogP contribution in [0.1, 0.15) is 27.4 Å². The van der Waals surface area contributed by atoms with Crippen molar-refractivity contribution in [2.45, 2.75) is 20.4 Å². The number of aryl methyl sites for hydroxylation is 2. The van der Waals surface area contributed by atoms with E-state index in [2.05, 4.69) is 21.2 Å². The number of hydrogen-bond donors (Lipinski definition) is 0. The Morgan fingerprint density at radius 2 is 1.77 bits per heavy atom. The number of carbonyl (C=O) groups is 1. The Kier molecular flexibility index (Phi) is 5.03. The minimum absolute atomic E-state index is 0.0901. The summed E-state index contributed by atoms with van der Waals surface area (Å²) < 4.78 is 3.95. The van der Waals surface area contributed by atoms with E-state index in [-0.39, 0.29) is 5.91 Å². The molecule has 0 saturated carbocycles. The zero-order valence-corrected chi connectivity index (χ0v) is 17.9. The molecule has 4 heterocycles. The van der Waals surface area contributed by atoms with Crippen LogP contribution < -0.4 is 0 Å². The number of amides is 1. The lowest BCUT2D eigenvalue weighted by Crippen LogP contribution is -2.48. The van der Waals surface area contributed by atoms with Gasteiger partial charge in [0, 0.05) is 56.4 Å². The summed E-state index contributed by atoms with van der Waals surface area (Å²) in [6, 6.07) is 15.8. The first-order valence-electron chi connectivity index (χ1n) is 10.6. The van der Waals surface area contributed by atoms with Crippen LogP contribution in [0.25, 0.3) is 11.3 Å². The van der Waals surface area contributed by atoms with Gasteiger partial charge in [-0.2, -0.15) is 5.10 Å². The monoisotopic (exact) mass is 414 g/mol. The standard InChI is InChI=1S/C24H26N6O/c1-18-15-19(2)30(26-18)22-8-6-20(7-9-22)24(31)28-13-11-27(12-14-28)16-21-17-29-10-4-3-5-23(29)25-21/h3-10,15,17H,11-14,16H2,1-2H3. The predicted octanol–water partition coefficient (Wildman–Crippen LogP) is 3.09. The summed E-state index contributed by atoms with van der Waals surface area (Å²) in [5.74, 6) is 0.0901. The zero-order chi connectivity index (χ0) is 21.4. The fourth-order valence-corrected chi connectivity index (χ4v) is 4.22. The highest BCUT2D eigenvalue weighted by Gasteiger charge is 2.22. The molecule has 31 heavy (non-hydrogen) atoms. The molecule has 0 aliphatic carbocycles. The molecule has 1 aliphatic heterocycles. The highest BCUT2D eigenvalue weighted by atomic mass is 16.2. The van der Waals surface area contributed by atoms with Crippen molar-refractivity contribution in [1.29, 1.82) is 0 Å². The molecule has 5 rings (SSSR count). The van der Waals surface area contributed by atoms with Crippen molar-refractivity contribution in [3.05, 3.63) is 83.6 Å². The van der Waals surface area contributed by atoms with Crippen LogP contribution in [0, 0.1) is 13.8 Å². The number of piperazine rings is 1. The van der Waals surface area contributed by atoms with Crippen molar-refractivity contribution < 1.29 is 4.79 Å². The Morgan fingerprint density at radius 1 is 1.00 bits per heavy atom. The van der Waals surface area contributed by atoms with Crippen molar-refractivity contribution >= 4 is 11.6 Å². The minimum Gasteiger partial charge on any atom is -0.336 e. The molecule has 0 radical (unpaired) electrons. The summed E-state index contributed by atoms with van der Waals surface area (Å²) >= 11 is 0. The van der Waals surface area contributed by atoms with E-state index in [4.69, 9.17) is 0 Å². The fourth-order valence-electron chi connectivity index (χ4n) is 4.22. The third kappa shape index (κ3) is 3.96. The SMILES string of the molecule is Cc1cc(C)n(-c2ccc(C(=O)N3CCN(Cc4cn5ccccc5n4)CC3)cc2)n1. The van der Waals surface area contributed by atoms with Crippen LogP contribution in [-0.2, 0) is 6.54 Å². The third-order valence-electron chi connectivity index (χ3n) is 5.83. The smallest absolute Gasteiger partial charge is 0.253 e. The van der Waals surface area contributed by atoms with Crippen LogP contribution in [0.2, 0.25) is 0 Å². The van der Waals surface area contributed by atoms with Crippen molar-refractivity contribution in [2.24, 2.45) is 0 Å². The molecule has 1 aromatic carbocycles. The number of nitrogens with zero attached hydrogens (tertiary/aromatic N) is 6. The van der Waals surface area contributed by atoms with Gasteiger partial charge in [-0.25, -0.2) is 9.67 Å². The van der Waals surface area contributed by atoms with Crippen molar-refractivity contribution in [2.75, 3.05) is 26.2 Å². The van der Waals surface area contributed by atoms with Crippen LogP contribution >= 0.6 is 0 Å². The van der Waals surface area contributed by atoms with E-state index in [0.717, 1.165) is 66.7 Å². The third-order valence-corrected chi connectivity index (χ3v) is 5.83. The molecule has 158 valence electrons. The number of hydrogen-bond acceptors (Lipinski definition) is 4. The van der Waals surface area contributed by atoms with Gasteiger partial charge in [0.15, 0.2) is 0 Å². The lowest BCUT2D eigenvalue weighted by molar-refractivity contribution is 0.0627. The van der Waals surface area contributed by atoms with E-state index in [1.54, 1.807) is 0 Å². The van der Waals surface area contributed by atoms with Gasteiger partial charge in [0.2, 0.25) is 0 Å². The first kappa shape index (κ1) is 19.5. The number of pyridine rings is 1. The van der Waals surface area contributed by atoms with E-state index in [0.29, 0.717) is 0 Å². The fraction of sp³-hybridized carbons (Fsp3) is 0.292. The molecule has 1 aliphatic rings. The summed E-state index contributed by atoms with van der Waals surface area (Å²) in [5, 5.41) is 4.51. The summed E-state index contributed by atoms with van der Waals surface area (Å²) in [6.45, 7) is 7.98. The molecule has 1 fully saturated rings. The van der Waals surface area contributed by atoms with Crippen LogP contribution in [0.4, 0.5) is 0 Å². The molecule has 7 nitrogen and oxygen atoms in total. The predicted molar refractivity (Wildman–Crippen MR) is 119 cm³/mol. The molecule has 3 aromatic heterocycles. The van der Waals surface area contributed by atoms with Gasteiger partial charge in [-0.1, -0.05) is 6.07 Å². The number of benzene rings is 1. The van der Waals surface area contributed by atoms with Crippen molar-refractivity contribution in [3.63, 3.8) is 0 Å². The molecular formula is C24H26N6O. The van der Waals surface area contributed by atoms with E-state index >= 15 is 0 Å². The average molecular weight is 415 g/mol. The Hall–Kier alpha value is -3.45. The average Bonchev–Trinajstić information content (AvgIpc) is 3.35. The maximum atomic E-state index is 13.0. The molecule has 0 unspecified atom stereocenters. The Labute approximate surface area is 181 Å². The molecule has 4 aromatic rings. The van der Waals surface area contributed by atoms with Crippen molar-refractivity contribution in [1.82, 2.24) is 29.0 Å². The van der Waals surface area contributed by atoms with Gasteiger partial charge in [0.1, 0.15) is 5.65 Å². The quantitative estimate of drug-likeness (QED) is 0.515.